The molecule has 2 heterocycles. The molecule has 4 rings (SSSR count). The van der Waals surface area contributed by atoms with Crippen LogP contribution in [0.25, 0.3) is 22.3 Å². The zero-order valence-corrected chi connectivity index (χ0v) is 16.6. The molecule has 7 heteroatoms. The van der Waals surface area contributed by atoms with Crippen LogP contribution in [0.4, 0.5) is 20.3 Å². The van der Waals surface area contributed by atoms with Gasteiger partial charge in [0, 0.05) is 35.1 Å². The number of ether oxygens (including phenoxy) is 1. The molecule has 0 amide bonds. The van der Waals surface area contributed by atoms with Gasteiger partial charge in [-0.3, -0.25) is 4.98 Å². The van der Waals surface area contributed by atoms with Gasteiger partial charge in [-0.15, -0.1) is 0 Å². The molecule has 30 heavy (non-hydrogen) atoms. The summed E-state index contributed by atoms with van der Waals surface area (Å²) in [5.74, 6) is 0.142. The Balaban J connectivity index is 1.81. The first-order valence-electron chi connectivity index (χ1n) is 9.56. The molecule has 4 aromatic rings. The highest BCUT2D eigenvalue weighted by Crippen LogP contribution is 2.30. The molecule has 0 aliphatic carbocycles. The zero-order valence-electron chi connectivity index (χ0n) is 16.6. The maximum absolute atomic E-state index is 13.7. The van der Waals surface area contributed by atoms with E-state index in [9.17, 15) is 8.78 Å². The summed E-state index contributed by atoms with van der Waals surface area (Å²) in [5.41, 5.74) is 1.80. The number of benzene rings is 2. The molecule has 0 unspecified atom stereocenters. The highest BCUT2D eigenvalue weighted by Gasteiger charge is 2.13. The fraction of sp³-hybridized carbons (Fsp3) is 0.174. The number of hydrogen-bond acceptors (Lipinski definition) is 5. The summed E-state index contributed by atoms with van der Waals surface area (Å²) in [7, 11) is 0. The van der Waals surface area contributed by atoms with Crippen molar-refractivity contribution >= 4 is 22.4 Å². The van der Waals surface area contributed by atoms with E-state index in [-0.39, 0.29) is 0 Å². The SMILES string of the molecule is CC(C)COc1ccc2nc(-c3cccnc3)nc(Nc3ccc(F)c(F)c3)c2c1. The van der Waals surface area contributed by atoms with E-state index in [4.69, 9.17) is 4.74 Å². The van der Waals surface area contributed by atoms with Crippen molar-refractivity contribution in [2.75, 3.05) is 11.9 Å². The molecule has 0 bridgehead atoms. The van der Waals surface area contributed by atoms with Gasteiger partial charge in [-0.1, -0.05) is 13.8 Å². The minimum atomic E-state index is -0.938. The minimum Gasteiger partial charge on any atom is -0.493 e. The molecule has 152 valence electrons. The first-order chi connectivity index (χ1) is 14.5. The highest BCUT2D eigenvalue weighted by atomic mass is 19.2. The van der Waals surface area contributed by atoms with Crippen LogP contribution >= 0.6 is 0 Å². The maximum atomic E-state index is 13.7. The van der Waals surface area contributed by atoms with Crippen molar-refractivity contribution < 1.29 is 13.5 Å². The summed E-state index contributed by atoms with van der Waals surface area (Å²) in [4.78, 5) is 13.4. The molecule has 0 saturated carbocycles. The van der Waals surface area contributed by atoms with Crippen LogP contribution in [0.15, 0.2) is 60.9 Å². The normalized spacial score (nSPS) is 11.1. The Morgan fingerprint density at radius 1 is 1.00 bits per heavy atom. The fourth-order valence-electron chi connectivity index (χ4n) is 2.89. The van der Waals surface area contributed by atoms with Gasteiger partial charge in [0.2, 0.25) is 0 Å². The van der Waals surface area contributed by atoms with E-state index >= 15 is 0 Å². The van der Waals surface area contributed by atoms with E-state index in [1.807, 2.05) is 24.3 Å². The van der Waals surface area contributed by atoms with Crippen molar-refractivity contribution in [2.24, 2.45) is 5.92 Å². The van der Waals surface area contributed by atoms with E-state index in [1.165, 1.54) is 6.07 Å². The molecule has 5 nitrogen and oxygen atoms in total. The Morgan fingerprint density at radius 2 is 1.87 bits per heavy atom. The maximum Gasteiger partial charge on any atom is 0.163 e. The van der Waals surface area contributed by atoms with Crippen LogP contribution in [0, 0.1) is 17.6 Å². The van der Waals surface area contributed by atoms with Gasteiger partial charge in [-0.2, -0.15) is 0 Å². The van der Waals surface area contributed by atoms with Crippen LogP contribution in [-0.2, 0) is 0 Å². The lowest BCUT2D eigenvalue weighted by Crippen LogP contribution is -2.05. The van der Waals surface area contributed by atoms with Crippen molar-refractivity contribution in [3.8, 4) is 17.1 Å². The summed E-state index contributed by atoms with van der Waals surface area (Å²) >= 11 is 0. The number of hydrogen-bond donors (Lipinski definition) is 1. The summed E-state index contributed by atoms with van der Waals surface area (Å²) in [5, 5.41) is 3.79. The smallest absolute Gasteiger partial charge is 0.163 e. The van der Waals surface area contributed by atoms with Crippen molar-refractivity contribution in [3.05, 3.63) is 72.6 Å². The third-order valence-electron chi connectivity index (χ3n) is 4.35. The standard InChI is InChI=1S/C23H20F2N4O/c1-14(2)13-30-17-6-8-21-18(11-17)23(27-16-5-7-19(24)20(25)10-16)29-22(28-21)15-4-3-9-26-12-15/h3-12,14H,13H2,1-2H3,(H,27,28,29). The number of halogens is 2. The number of rotatable bonds is 6. The minimum absolute atomic E-state index is 0.375. The lowest BCUT2D eigenvalue weighted by Gasteiger charge is -2.13. The van der Waals surface area contributed by atoms with Gasteiger partial charge < -0.3 is 10.1 Å². The third kappa shape index (κ3) is 4.35. The van der Waals surface area contributed by atoms with Gasteiger partial charge in [0.1, 0.15) is 11.6 Å². The monoisotopic (exact) mass is 406 g/mol. The highest BCUT2D eigenvalue weighted by molar-refractivity contribution is 5.93. The van der Waals surface area contributed by atoms with Gasteiger partial charge in [0.25, 0.3) is 0 Å². The van der Waals surface area contributed by atoms with Crippen LogP contribution in [0.1, 0.15) is 13.8 Å². The number of aromatic nitrogens is 3. The van der Waals surface area contributed by atoms with E-state index in [2.05, 4.69) is 34.1 Å². The van der Waals surface area contributed by atoms with E-state index in [0.717, 1.165) is 17.7 Å². The number of pyridine rings is 1. The molecule has 0 saturated heterocycles. The Kier molecular flexibility index (Phi) is 5.52. The topological polar surface area (TPSA) is 59.9 Å². The Labute approximate surface area is 172 Å². The number of nitrogens with zero attached hydrogens (tertiary/aromatic N) is 3. The fourth-order valence-corrected chi connectivity index (χ4v) is 2.89. The van der Waals surface area contributed by atoms with Gasteiger partial charge in [-0.05, 0) is 48.4 Å². The van der Waals surface area contributed by atoms with Crippen LogP contribution in [-0.4, -0.2) is 21.6 Å². The number of nitrogens with one attached hydrogen (secondary N) is 1. The lowest BCUT2D eigenvalue weighted by atomic mass is 10.2. The van der Waals surface area contributed by atoms with Crippen LogP contribution in [0.2, 0.25) is 0 Å². The second kappa shape index (κ2) is 8.41. The number of fused-ring (bicyclic) bond motifs is 1. The summed E-state index contributed by atoms with van der Waals surface area (Å²) < 4.78 is 32.9. The molecule has 0 aliphatic heterocycles. The van der Waals surface area contributed by atoms with E-state index in [0.29, 0.717) is 46.5 Å². The molecule has 0 fully saturated rings. The Hall–Kier alpha value is -3.61. The molecule has 2 aromatic heterocycles. The van der Waals surface area contributed by atoms with Crippen molar-refractivity contribution in [3.63, 3.8) is 0 Å². The van der Waals surface area contributed by atoms with Gasteiger partial charge in [0.05, 0.1) is 12.1 Å². The zero-order chi connectivity index (χ0) is 21.1. The van der Waals surface area contributed by atoms with E-state index < -0.39 is 11.6 Å². The molecule has 0 atom stereocenters. The average Bonchev–Trinajstić information content (AvgIpc) is 2.75. The first kappa shape index (κ1) is 19.7. The van der Waals surface area contributed by atoms with Crippen LogP contribution in [0.5, 0.6) is 5.75 Å². The summed E-state index contributed by atoms with van der Waals surface area (Å²) in [6.07, 6.45) is 3.34. The quantitative estimate of drug-likeness (QED) is 0.442. The molecule has 1 N–H and O–H groups in total. The molecule has 2 aromatic carbocycles. The molecule has 0 spiro atoms. The van der Waals surface area contributed by atoms with Crippen molar-refractivity contribution in [1.82, 2.24) is 15.0 Å². The second-order valence-corrected chi connectivity index (χ2v) is 7.28. The summed E-state index contributed by atoms with van der Waals surface area (Å²) in [6.45, 7) is 4.72. The largest absolute Gasteiger partial charge is 0.493 e. The molecular formula is C23H20F2N4O. The van der Waals surface area contributed by atoms with Crippen molar-refractivity contribution in [1.29, 1.82) is 0 Å². The summed E-state index contributed by atoms with van der Waals surface area (Å²) in [6, 6.07) is 12.8. The second-order valence-electron chi connectivity index (χ2n) is 7.28. The predicted molar refractivity (Wildman–Crippen MR) is 113 cm³/mol. The first-order valence-corrected chi connectivity index (χ1v) is 9.56. The molecule has 0 aliphatic rings. The molecule has 0 radical (unpaired) electrons. The van der Waals surface area contributed by atoms with E-state index in [1.54, 1.807) is 18.5 Å². The lowest BCUT2D eigenvalue weighted by molar-refractivity contribution is 0.271. The van der Waals surface area contributed by atoms with Gasteiger partial charge in [-0.25, -0.2) is 18.7 Å². The van der Waals surface area contributed by atoms with Crippen LogP contribution in [0.3, 0.4) is 0 Å². The van der Waals surface area contributed by atoms with Crippen molar-refractivity contribution in [2.45, 2.75) is 13.8 Å². The molecular weight excluding hydrogens is 386 g/mol. The van der Waals surface area contributed by atoms with Crippen LogP contribution < -0.4 is 10.1 Å². The predicted octanol–water partition coefficient (Wildman–Crippen LogP) is 5.75. The Morgan fingerprint density at radius 3 is 2.60 bits per heavy atom. The van der Waals surface area contributed by atoms with Gasteiger partial charge in [0.15, 0.2) is 17.5 Å². The Bertz CT molecular complexity index is 1180. The average molecular weight is 406 g/mol. The number of anilines is 2. The third-order valence-corrected chi connectivity index (χ3v) is 4.35. The van der Waals surface area contributed by atoms with Gasteiger partial charge >= 0.3 is 0 Å².